The highest BCUT2D eigenvalue weighted by atomic mass is 32.2. The first-order valence-electron chi connectivity index (χ1n) is 6.23. The molecule has 0 aliphatic rings. The Bertz CT molecular complexity index is 653. The SMILES string of the molecule is CC(C)c1cc(=O)[nH]c(SCC(=O)c2cccnc2)n1. The number of aromatic amines is 1. The van der Waals surface area contributed by atoms with Gasteiger partial charge in [-0.25, -0.2) is 4.98 Å². The molecule has 0 radical (unpaired) electrons. The van der Waals surface area contributed by atoms with Crippen molar-refractivity contribution in [2.45, 2.75) is 24.9 Å². The lowest BCUT2D eigenvalue weighted by Gasteiger charge is -2.06. The highest BCUT2D eigenvalue weighted by molar-refractivity contribution is 7.99. The highest BCUT2D eigenvalue weighted by Gasteiger charge is 2.10. The number of hydrogen-bond donors (Lipinski definition) is 1. The molecule has 0 fully saturated rings. The number of H-pyrrole nitrogens is 1. The number of aromatic nitrogens is 3. The van der Waals surface area contributed by atoms with Crippen LogP contribution in [-0.2, 0) is 0 Å². The molecule has 6 heteroatoms. The molecule has 0 bridgehead atoms. The van der Waals surface area contributed by atoms with Crippen molar-refractivity contribution >= 4 is 17.5 Å². The number of ketones is 1. The van der Waals surface area contributed by atoms with Gasteiger partial charge in [0.2, 0.25) is 0 Å². The largest absolute Gasteiger partial charge is 0.301 e. The molecule has 1 N–H and O–H groups in total. The van der Waals surface area contributed by atoms with Crippen LogP contribution in [0.15, 0.2) is 40.5 Å². The Labute approximate surface area is 120 Å². The topological polar surface area (TPSA) is 75.7 Å². The van der Waals surface area contributed by atoms with Gasteiger partial charge in [0.1, 0.15) is 0 Å². The third-order valence-electron chi connectivity index (χ3n) is 2.65. The molecular weight excluding hydrogens is 274 g/mol. The minimum Gasteiger partial charge on any atom is -0.301 e. The van der Waals surface area contributed by atoms with Gasteiger partial charge in [0.15, 0.2) is 10.9 Å². The van der Waals surface area contributed by atoms with Crippen molar-refractivity contribution in [3.8, 4) is 0 Å². The van der Waals surface area contributed by atoms with Gasteiger partial charge in [-0.15, -0.1) is 0 Å². The Morgan fingerprint density at radius 2 is 2.25 bits per heavy atom. The van der Waals surface area contributed by atoms with Gasteiger partial charge in [-0.1, -0.05) is 25.6 Å². The second-order valence-corrected chi connectivity index (χ2v) is 5.55. The maximum Gasteiger partial charge on any atom is 0.251 e. The fraction of sp³-hybridized carbons (Fsp3) is 0.286. The normalized spacial score (nSPS) is 10.8. The molecule has 0 aliphatic heterocycles. The number of carbonyl (C=O) groups excluding carboxylic acids is 1. The third kappa shape index (κ3) is 3.77. The van der Waals surface area contributed by atoms with Crippen molar-refractivity contribution in [1.82, 2.24) is 15.0 Å². The van der Waals surface area contributed by atoms with Crippen LogP contribution in [0, 0.1) is 0 Å². The molecular formula is C14H15N3O2S. The number of nitrogens with zero attached hydrogens (tertiary/aromatic N) is 2. The van der Waals surface area contributed by atoms with Gasteiger partial charge < -0.3 is 4.98 Å². The quantitative estimate of drug-likeness (QED) is 0.519. The minimum absolute atomic E-state index is 0.0410. The fourth-order valence-electron chi connectivity index (χ4n) is 1.56. The molecule has 0 saturated heterocycles. The molecule has 0 amide bonds. The van der Waals surface area contributed by atoms with Gasteiger partial charge >= 0.3 is 0 Å². The lowest BCUT2D eigenvalue weighted by molar-refractivity contribution is 0.102. The molecule has 0 aromatic carbocycles. The summed E-state index contributed by atoms with van der Waals surface area (Å²) in [7, 11) is 0. The van der Waals surface area contributed by atoms with E-state index in [1.54, 1.807) is 18.3 Å². The van der Waals surface area contributed by atoms with Gasteiger partial charge in [-0.3, -0.25) is 14.6 Å². The van der Waals surface area contributed by atoms with Crippen LogP contribution in [0.1, 0.15) is 35.8 Å². The second-order valence-electron chi connectivity index (χ2n) is 4.58. The first kappa shape index (κ1) is 14.5. The van der Waals surface area contributed by atoms with E-state index in [1.165, 1.54) is 24.0 Å². The standard InChI is InChI=1S/C14H15N3O2S/c1-9(2)11-6-13(19)17-14(16-11)20-8-12(18)10-4-3-5-15-7-10/h3-7,9H,8H2,1-2H3,(H,16,17,19). The summed E-state index contributed by atoms with van der Waals surface area (Å²) in [5.41, 5.74) is 1.09. The zero-order chi connectivity index (χ0) is 14.5. The van der Waals surface area contributed by atoms with Crippen LogP contribution >= 0.6 is 11.8 Å². The van der Waals surface area contributed by atoms with Gasteiger partial charge in [0.25, 0.3) is 5.56 Å². The van der Waals surface area contributed by atoms with Crippen molar-refractivity contribution in [2.24, 2.45) is 0 Å². The van der Waals surface area contributed by atoms with E-state index in [-0.39, 0.29) is 23.0 Å². The zero-order valence-corrected chi connectivity index (χ0v) is 12.1. The van der Waals surface area contributed by atoms with Crippen molar-refractivity contribution in [2.75, 3.05) is 5.75 Å². The van der Waals surface area contributed by atoms with Crippen molar-refractivity contribution in [1.29, 1.82) is 0 Å². The molecule has 0 unspecified atom stereocenters. The third-order valence-corrected chi connectivity index (χ3v) is 3.53. The highest BCUT2D eigenvalue weighted by Crippen LogP contribution is 2.16. The Morgan fingerprint density at radius 3 is 2.90 bits per heavy atom. The number of Topliss-reactive ketones (excluding diaryl/α,β-unsaturated/α-hetero) is 1. The molecule has 2 rings (SSSR count). The summed E-state index contributed by atoms with van der Waals surface area (Å²) < 4.78 is 0. The maximum atomic E-state index is 11.9. The molecule has 0 atom stereocenters. The van der Waals surface area contributed by atoms with E-state index in [1.807, 2.05) is 13.8 Å². The maximum absolute atomic E-state index is 11.9. The number of pyridine rings is 1. The summed E-state index contributed by atoms with van der Waals surface area (Å²) in [4.78, 5) is 34.4. The van der Waals surface area contributed by atoms with E-state index in [9.17, 15) is 9.59 Å². The van der Waals surface area contributed by atoms with Crippen LogP contribution in [0.3, 0.4) is 0 Å². The number of rotatable bonds is 5. The van der Waals surface area contributed by atoms with Crippen molar-refractivity contribution in [3.05, 3.63) is 52.2 Å². The van der Waals surface area contributed by atoms with Crippen LogP contribution < -0.4 is 5.56 Å². The molecule has 0 saturated carbocycles. The van der Waals surface area contributed by atoms with Crippen LogP contribution in [0.4, 0.5) is 0 Å². The van der Waals surface area contributed by atoms with E-state index in [4.69, 9.17) is 0 Å². The first-order valence-corrected chi connectivity index (χ1v) is 7.22. The van der Waals surface area contributed by atoms with Gasteiger partial charge in [0.05, 0.1) is 11.4 Å². The molecule has 2 aromatic heterocycles. The van der Waals surface area contributed by atoms with Crippen LogP contribution in [0.5, 0.6) is 0 Å². The van der Waals surface area contributed by atoms with Gasteiger partial charge in [0, 0.05) is 24.0 Å². The number of carbonyl (C=O) groups is 1. The minimum atomic E-state index is -0.194. The van der Waals surface area contributed by atoms with Crippen LogP contribution in [-0.4, -0.2) is 26.5 Å². The molecule has 104 valence electrons. The van der Waals surface area contributed by atoms with Crippen molar-refractivity contribution in [3.63, 3.8) is 0 Å². The Hall–Kier alpha value is -1.95. The lowest BCUT2D eigenvalue weighted by atomic mass is 10.1. The monoisotopic (exact) mass is 289 g/mol. The summed E-state index contributed by atoms with van der Waals surface area (Å²) in [5.74, 6) is 0.349. The average molecular weight is 289 g/mol. The summed E-state index contributed by atoms with van der Waals surface area (Å²) in [6.07, 6.45) is 3.15. The summed E-state index contributed by atoms with van der Waals surface area (Å²) in [6.45, 7) is 3.94. The van der Waals surface area contributed by atoms with Gasteiger partial charge in [-0.2, -0.15) is 0 Å². The van der Waals surface area contributed by atoms with Crippen LogP contribution in [0.25, 0.3) is 0 Å². The predicted molar refractivity (Wildman–Crippen MR) is 78.2 cm³/mol. The summed E-state index contributed by atoms with van der Waals surface area (Å²) in [5, 5.41) is 0.471. The van der Waals surface area contributed by atoms with E-state index >= 15 is 0 Å². The molecule has 20 heavy (non-hydrogen) atoms. The smallest absolute Gasteiger partial charge is 0.251 e. The van der Waals surface area contributed by atoms with E-state index in [0.29, 0.717) is 10.7 Å². The van der Waals surface area contributed by atoms with E-state index in [0.717, 1.165) is 5.69 Å². The Kier molecular flexibility index (Phi) is 4.68. The molecule has 0 spiro atoms. The molecule has 0 aliphatic carbocycles. The molecule has 2 heterocycles. The second kappa shape index (κ2) is 6.47. The predicted octanol–water partition coefficient (Wildman–Crippen LogP) is 2.26. The zero-order valence-electron chi connectivity index (χ0n) is 11.3. The van der Waals surface area contributed by atoms with E-state index in [2.05, 4.69) is 15.0 Å². The summed E-state index contributed by atoms with van der Waals surface area (Å²) >= 11 is 1.23. The molecule has 5 nitrogen and oxygen atoms in total. The Morgan fingerprint density at radius 1 is 1.45 bits per heavy atom. The van der Waals surface area contributed by atoms with Crippen LogP contribution in [0.2, 0.25) is 0 Å². The number of thioether (sulfide) groups is 1. The Balaban J connectivity index is 2.08. The molecule has 2 aromatic rings. The number of nitrogens with one attached hydrogen (secondary N) is 1. The average Bonchev–Trinajstić information content (AvgIpc) is 2.45. The van der Waals surface area contributed by atoms with Gasteiger partial charge in [-0.05, 0) is 18.1 Å². The number of hydrogen-bond acceptors (Lipinski definition) is 5. The first-order chi connectivity index (χ1) is 9.56. The summed E-state index contributed by atoms with van der Waals surface area (Å²) in [6, 6.07) is 4.92. The lowest BCUT2D eigenvalue weighted by Crippen LogP contribution is -2.12. The van der Waals surface area contributed by atoms with Crippen molar-refractivity contribution < 1.29 is 4.79 Å². The van der Waals surface area contributed by atoms with E-state index < -0.39 is 0 Å². The fourth-order valence-corrected chi connectivity index (χ4v) is 2.34.